The van der Waals surface area contributed by atoms with Gasteiger partial charge in [0.15, 0.2) is 0 Å². The van der Waals surface area contributed by atoms with Crippen LogP contribution in [0.5, 0.6) is 5.75 Å². The van der Waals surface area contributed by atoms with Crippen molar-refractivity contribution in [2.45, 2.75) is 11.3 Å². The van der Waals surface area contributed by atoms with Crippen LogP contribution in [-0.2, 0) is 16.4 Å². The highest BCUT2D eigenvalue weighted by molar-refractivity contribution is 7.89. The van der Waals surface area contributed by atoms with Crippen molar-refractivity contribution in [3.63, 3.8) is 0 Å². The first kappa shape index (κ1) is 9.23. The molecule has 2 rings (SSSR count). The molecule has 4 nitrogen and oxygen atoms in total. The molecule has 1 aliphatic heterocycles. The first-order valence-electron chi connectivity index (χ1n) is 4.05. The van der Waals surface area contributed by atoms with E-state index in [4.69, 9.17) is 9.88 Å². The van der Waals surface area contributed by atoms with E-state index in [2.05, 4.69) is 0 Å². The van der Waals surface area contributed by atoms with Crippen molar-refractivity contribution in [1.29, 1.82) is 0 Å². The van der Waals surface area contributed by atoms with Crippen molar-refractivity contribution < 1.29 is 13.2 Å². The van der Waals surface area contributed by atoms with Crippen LogP contribution < -0.4 is 9.88 Å². The van der Waals surface area contributed by atoms with Gasteiger partial charge in [0.1, 0.15) is 5.75 Å². The number of benzene rings is 1. The van der Waals surface area contributed by atoms with E-state index in [1.807, 2.05) is 6.08 Å². The zero-order valence-corrected chi connectivity index (χ0v) is 8.12. The second-order valence-electron chi connectivity index (χ2n) is 3.01. The molecule has 74 valence electrons. The summed E-state index contributed by atoms with van der Waals surface area (Å²) < 4.78 is 27.3. The van der Waals surface area contributed by atoms with Crippen LogP contribution in [0.3, 0.4) is 0 Å². The van der Waals surface area contributed by atoms with Crippen molar-refractivity contribution in [2.75, 3.05) is 0 Å². The number of ether oxygens (including phenoxy) is 1. The number of fused-ring (bicyclic) bond motifs is 1. The molecule has 0 fully saturated rings. The highest BCUT2D eigenvalue weighted by atomic mass is 32.2. The van der Waals surface area contributed by atoms with E-state index in [-0.39, 0.29) is 4.90 Å². The lowest BCUT2D eigenvalue weighted by atomic mass is 10.1. The molecule has 1 aromatic carbocycles. The molecule has 0 saturated heterocycles. The molecule has 0 radical (unpaired) electrons. The molecule has 0 aromatic heterocycles. The Balaban J connectivity index is 2.52. The van der Waals surface area contributed by atoms with Gasteiger partial charge in [0, 0.05) is 0 Å². The Hall–Kier alpha value is -1.33. The van der Waals surface area contributed by atoms with Gasteiger partial charge < -0.3 is 4.74 Å². The van der Waals surface area contributed by atoms with Crippen LogP contribution in [-0.4, -0.2) is 8.42 Å². The van der Waals surface area contributed by atoms with E-state index in [0.29, 0.717) is 12.2 Å². The van der Waals surface area contributed by atoms with Crippen LogP contribution >= 0.6 is 0 Å². The van der Waals surface area contributed by atoms with Crippen LogP contribution in [0.25, 0.3) is 0 Å². The van der Waals surface area contributed by atoms with Gasteiger partial charge in [0.2, 0.25) is 10.0 Å². The summed E-state index contributed by atoms with van der Waals surface area (Å²) in [4.78, 5) is 0.121. The van der Waals surface area contributed by atoms with Gasteiger partial charge in [-0.25, -0.2) is 13.6 Å². The highest BCUT2D eigenvalue weighted by Crippen LogP contribution is 2.25. The zero-order valence-electron chi connectivity index (χ0n) is 7.30. The number of sulfonamides is 1. The van der Waals surface area contributed by atoms with Gasteiger partial charge >= 0.3 is 0 Å². The van der Waals surface area contributed by atoms with Gasteiger partial charge in [-0.2, -0.15) is 0 Å². The Labute approximate surface area is 82.0 Å². The van der Waals surface area contributed by atoms with E-state index < -0.39 is 10.0 Å². The second-order valence-corrected chi connectivity index (χ2v) is 4.57. The van der Waals surface area contributed by atoms with Crippen LogP contribution in [0, 0.1) is 0 Å². The Morgan fingerprint density at radius 2 is 2.14 bits per heavy atom. The molecule has 0 amide bonds. The van der Waals surface area contributed by atoms with Gasteiger partial charge in [-0.05, 0) is 36.3 Å². The minimum absolute atomic E-state index is 0.121. The number of rotatable bonds is 1. The van der Waals surface area contributed by atoms with Crippen LogP contribution in [0.1, 0.15) is 5.56 Å². The molecule has 1 aromatic rings. The van der Waals surface area contributed by atoms with E-state index >= 15 is 0 Å². The molecule has 2 N–H and O–H groups in total. The summed E-state index contributed by atoms with van der Waals surface area (Å²) in [6, 6.07) is 4.58. The van der Waals surface area contributed by atoms with Gasteiger partial charge in [-0.15, -0.1) is 0 Å². The van der Waals surface area contributed by atoms with E-state index in [1.54, 1.807) is 12.3 Å². The zero-order chi connectivity index (χ0) is 10.2. The summed E-state index contributed by atoms with van der Waals surface area (Å²) in [5, 5.41) is 5.00. The smallest absolute Gasteiger partial charge is 0.238 e. The van der Waals surface area contributed by atoms with Gasteiger partial charge in [0.25, 0.3) is 0 Å². The average molecular weight is 211 g/mol. The van der Waals surface area contributed by atoms with Crippen LogP contribution in [0.4, 0.5) is 0 Å². The largest absolute Gasteiger partial charge is 0.465 e. The predicted molar refractivity (Wildman–Crippen MR) is 51.3 cm³/mol. The SMILES string of the molecule is NS(=O)(=O)c1ccc2c(c1)CC=CO2. The van der Waals surface area contributed by atoms with Crippen molar-refractivity contribution >= 4 is 10.0 Å². The molecule has 1 aliphatic rings. The first-order chi connectivity index (χ1) is 6.57. The summed E-state index contributed by atoms with van der Waals surface area (Å²) in [6.45, 7) is 0. The lowest BCUT2D eigenvalue weighted by Crippen LogP contribution is -2.12. The van der Waals surface area contributed by atoms with Crippen molar-refractivity contribution in [3.05, 3.63) is 36.1 Å². The molecule has 14 heavy (non-hydrogen) atoms. The molecule has 0 atom stereocenters. The fraction of sp³-hybridized carbons (Fsp3) is 0.111. The minimum atomic E-state index is -3.62. The first-order valence-corrected chi connectivity index (χ1v) is 5.59. The second kappa shape index (κ2) is 3.11. The maximum atomic E-state index is 11.0. The molecule has 0 saturated carbocycles. The van der Waals surface area contributed by atoms with Gasteiger partial charge in [-0.1, -0.05) is 0 Å². The molecule has 5 heteroatoms. The average Bonchev–Trinajstić information content (AvgIpc) is 2.16. The summed E-state index contributed by atoms with van der Waals surface area (Å²) in [6.07, 6.45) is 4.06. The van der Waals surface area contributed by atoms with E-state index in [1.165, 1.54) is 12.1 Å². The standard InChI is InChI=1S/C9H9NO3S/c10-14(11,12)8-3-4-9-7(6-8)2-1-5-13-9/h1,3-6H,2H2,(H2,10,11,12). The van der Waals surface area contributed by atoms with E-state index in [9.17, 15) is 8.42 Å². The predicted octanol–water partition coefficient (Wildman–Crippen LogP) is 0.783. The normalized spacial score (nSPS) is 14.6. The fourth-order valence-electron chi connectivity index (χ4n) is 1.30. The Morgan fingerprint density at radius 3 is 2.86 bits per heavy atom. The molecule has 1 heterocycles. The topological polar surface area (TPSA) is 69.4 Å². The fourth-order valence-corrected chi connectivity index (χ4v) is 1.87. The number of hydrogen-bond acceptors (Lipinski definition) is 3. The highest BCUT2D eigenvalue weighted by Gasteiger charge is 2.12. The van der Waals surface area contributed by atoms with Crippen molar-refractivity contribution in [2.24, 2.45) is 5.14 Å². The number of allylic oxidation sites excluding steroid dienone is 1. The van der Waals surface area contributed by atoms with Gasteiger partial charge in [-0.3, -0.25) is 0 Å². The molecule has 0 unspecified atom stereocenters. The number of nitrogens with two attached hydrogens (primary N) is 1. The monoisotopic (exact) mass is 211 g/mol. The molecule has 0 aliphatic carbocycles. The summed E-state index contributed by atoms with van der Waals surface area (Å²) in [5.74, 6) is 0.680. The molecular formula is C9H9NO3S. The van der Waals surface area contributed by atoms with Crippen LogP contribution in [0.15, 0.2) is 35.4 Å². The Morgan fingerprint density at radius 1 is 1.36 bits per heavy atom. The maximum absolute atomic E-state index is 11.0. The maximum Gasteiger partial charge on any atom is 0.238 e. The van der Waals surface area contributed by atoms with Crippen molar-refractivity contribution in [1.82, 2.24) is 0 Å². The third-order valence-electron chi connectivity index (χ3n) is 1.99. The van der Waals surface area contributed by atoms with Crippen molar-refractivity contribution in [3.8, 4) is 5.75 Å². The summed E-state index contributed by atoms with van der Waals surface area (Å²) in [7, 11) is -3.62. The quantitative estimate of drug-likeness (QED) is 0.746. The van der Waals surface area contributed by atoms with Gasteiger partial charge in [0.05, 0.1) is 11.2 Å². The lowest BCUT2D eigenvalue weighted by Gasteiger charge is -2.12. The third kappa shape index (κ3) is 1.64. The summed E-state index contributed by atoms with van der Waals surface area (Å²) >= 11 is 0. The molecule has 0 spiro atoms. The number of hydrogen-bond donors (Lipinski definition) is 1. The third-order valence-corrected chi connectivity index (χ3v) is 2.90. The number of primary sulfonamides is 1. The Bertz CT molecular complexity index is 491. The van der Waals surface area contributed by atoms with E-state index in [0.717, 1.165) is 5.56 Å². The van der Waals surface area contributed by atoms with Crippen LogP contribution in [0.2, 0.25) is 0 Å². The molecule has 0 bridgehead atoms. The minimum Gasteiger partial charge on any atom is -0.465 e. The Kier molecular flexibility index (Phi) is 2.05. The molecular weight excluding hydrogens is 202 g/mol. The summed E-state index contributed by atoms with van der Waals surface area (Å²) in [5.41, 5.74) is 0.832. The lowest BCUT2D eigenvalue weighted by molar-refractivity contribution is 0.464.